The lowest BCUT2D eigenvalue weighted by Gasteiger charge is -2.06. The first-order valence-electron chi connectivity index (χ1n) is 5.00. The Morgan fingerprint density at radius 3 is 3.00 bits per heavy atom. The Morgan fingerprint density at radius 2 is 2.31 bits per heavy atom. The average Bonchev–Trinajstić information content (AvgIpc) is 2.57. The van der Waals surface area contributed by atoms with Gasteiger partial charge in [-0.1, -0.05) is 11.6 Å². The van der Waals surface area contributed by atoms with E-state index in [0.29, 0.717) is 18.2 Å². The fourth-order valence-electron chi connectivity index (χ4n) is 1.74. The smallest absolute Gasteiger partial charge is 0.136 e. The molecule has 0 aliphatic rings. The summed E-state index contributed by atoms with van der Waals surface area (Å²) in [4.78, 5) is 4.42. The van der Waals surface area contributed by atoms with Gasteiger partial charge in [-0.25, -0.2) is 4.98 Å². The number of hydrogen-bond donors (Lipinski definition) is 1. The molecule has 1 aromatic heterocycles. The van der Waals surface area contributed by atoms with Gasteiger partial charge in [-0.15, -0.1) is 0 Å². The van der Waals surface area contributed by atoms with Crippen molar-refractivity contribution in [2.45, 2.75) is 13.2 Å². The van der Waals surface area contributed by atoms with E-state index in [1.807, 2.05) is 22.8 Å². The van der Waals surface area contributed by atoms with Gasteiger partial charge < -0.3 is 14.4 Å². The van der Waals surface area contributed by atoms with Crippen LogP contribution in [0, 0.1) is 0 Å². The van der Waals surface area contributed by atoms with E-state index in [-0.39, 0.29) is 6.61 Å². The lowest BCUT2D eigenvalue weighted by molar-refractivity contribution is 0.172. The Morgan fingerprint density at radius 1 is 1.50 bits per heavy atom. The van der Waals surface area contributed by atoms with Crippen LogP contribution in [0.2, 0.25) is 5.02 Å². The number of halogens is 1. The number of nitrogens with zero attached hydrogens (tertiary/aromatic N) is 2. The van der Waals surface area contributed by atoms with Crippen molar-refractivity contribution in [2.24, 2.45) is 0 Å². The number of aliphatic hydroxyl groups excluding tert-OH is 1. The summed E-state index contributed by atoms with van der Waals surface area (Å²) in [5.41, 5.74) is 1.79. The number of ether oxygens (including phenoxy) is 1. The Bertz CT molecular complexity index is 496. The molecule has 0 atom stereocenters. The van der Waals surface area contributed by atoms with Crippen LogP contribution in [-0.4, -0.2) is 28.4 Å². The van der Waals surface area contributed by atoms with Crippen LogP contribution in [0.25, 0.3) is 11.0 Å². The molecule has 0 saturated carbocycles. The highest BCUT2D eigenvalue weighted by Crippen LogP contribution is 2.20. The summed E-state index contributed by atoms with van der Waals surface area (Å²) >= 11 is 5.90. The minimum Gasteiger partial charge on any atom is -0.395 e. The van der Waals surface area contributed by atoms with Crippen LogP contribution in [0.3, 0.4) is 0 Å². The third-order valence-corrected chi connectivity index (χ3v) is 2.62. The summed E-state index contributed by atoms with van der Waals surface area (Å²) in [5.74, 6) is 0.800. The first kappa shape index (κ1) is 11.4. The number of aliphatic hydroxyl groups is 1. The van der Waals surface area contributed by atoms with Crippen LogP contribution in [0.1, 0.15) is 5.82 Å². The van der Waals surface area contributed by atoms with Crippen LogP contribution in [0.15, 0.2) is 18.2 Å². The van der Waals surface area contributed by atoms with Crippen LogP contribution >= 0.6 is 11.6 Å². The van der Waals surface area contributed by atoms with Crippen LogP contribution < -0.4 is 0 Å². The summed E-state index contributed by atoms with van der Waals surface area (Å²) < 4.78 is 7.02. The zero-order valence-electron chi connectivity index (χ0n) is 8.98. The first-order valence-corrected chi connectivity index (χ1v) is 5.38. The first-order chi connectivity index (χ1) is 7.76. The van der Waals surface area contributed by atoms with Crippen molar-refractivity contribution in [2.75, 3.05) is 13.7 Å². The lowest BCUT2D eigenvalue weighted by Crippen LogP contribution is -2.07. The standard InChI is InChI=1S/C11H13ClN2O2/c1-16-7-11-13-9-6-8(12)2-3-10(9)14(11)4-5-15/h2-3,6,15H,4-5,7H2,1H3. The van der Waals surface area contributed by atoms with Gasteiger partial charge >= 0.3 is 0 Å². The van der Waals surface area contributed by atoms with Gasteiger partial charge in [-0.2, -0.15) is 0 Å². The maximum absolute atomic E-state index is 9.03. The largest absolute Gasteiger partial charge is 0.395 e. The molecule has 0 unspecified atom stereocenters. The molecule has 0 spiro atoms. The van der Waals surface area contributed by atoms with Gasteiger partial charge in [0.2, 0.25) is 0 Å². The monoisotopic (exact) mass is 240 g/mol. The minimum absolute atomic E-state index is 0.0742. The fraction of sp³-hybridized carbons (Fsp3) is 0.364. The molecule has 0 saturated heterocycles. The van der Waals surface area contributed by atoms with Gasteiger partial charge in [0.05, 0.1) is 17.6 Å². The average molecular weight is 241 g/mol. The number of hydrogen-bond acceptors (Lipinski definition) is 3. The number of aromatic nitrogens is 2. The highest BCUT2D eigenvalue weighted by Gasteiger charge is 2.10. The molecule has 0 bridgehead atoms. The molecule has 0 amide bonds. The van der Waals surface area contributed by atoms with Crippen molar-refractivity contribution in [3.05, 3.63) is 29.0 Å². The van der Waals surface area contributed by atoms with Crippen molar-refractivity contribution >= 4 is 22.6 Å². The number of benzene rings is 1. The van der Waals surface area contributed by atoms with E-state index < -0.39 is 0 Å². The van der Waals surface area contributed by atoms with E-state index in [2.05, 4.69) is 4.98 Å². The van der Waals surface area contributed by atoms with Crippen molar-refractivity contribution in [1.82, 2.24) is 9.55 Å². The number of fused-ring (bicyclic) bond motifs is 1. The molecule has 16 heavy (non-hydrogen) atoms. The third kappa shape index (κ3) is 2.04. The third-order valence-electron chi connectivity index (χ3n) is 2.39. The van der Waals surface area contributed by atoms with Gasteiger partial charge in [-0.3, -0.25) is 0 Å². The van der Waals surface area contributed by atoms with Crippen LogP contribution in [0.4, 0.5) is 0 Å². The lowest BCUT2D eigenvalue weighted by atomic mass is 10.3. The predicted octanol–water partition coefficient (Wildman–Crippen LogP) is 1.83. The van der Waals surface area contributed by atoms with Crippen LogP contribution in [0.5, 0.6) is 0 Å². The van der Waals surface area contributed by atoms with Crippen LogP contribution in [-0.2, 0) is 17.9 Å². The Hall–Kier alpha value is -1.10. The molecule has 1 heterocycles. The van der Waals surface area contributed by atoms with Gasteiger partial charge in [0.25, 0.3) is 0 Å². The molecular weight excluding hydrogens is 228 g/mol. The highest BCUT2D eigenvalue weighted by atomic mass is 35.5. The molecular formula is C11H13ClN2O2. The van der Waals surface area contributed by atoms with E-state index in [0.717, 1.165) is 16.9 Å². The predicted molar refractivity (Wildman–Crippen MR) is 62.5 cm³/mol. The number of rotatable bonds is 4. The summed E-state index contributed by atoms with van der Waals surface area (Å²) in [6, 6.07) is 5.53. The molecule has 5 heteroatoms. The second-order valence-electron chi connectivity index (χ2n) is 3.47. The maximum Gasteiger partial charge on any atom is 0.136 e. The molecule has 4 nitrogen and oxygen atoms in total. The molecule has 2 rings (SSSR count). The molecule has 1 N–H and O–H groups in total. The molecule has 0 fully saturated rings. The Labute approximate surface area is 98.4 Å². The molecule has 2 aromatic rings. The van der Waals surface area contributed by atoms with Crippen molar-refractivity contribution in [3.8, 4) is 0 Å². The summed E-state index contributed by atoms with van der Waals surface area (Å²) in [6.45, 7) is 1.01. The van der Waals surface area contributed by atoms with Gasteiger partial charge in [0.1, 0.15) is 12.4 Å². The van der Waals surface area contributed by atoms with E-state index in [1.165, 1.54) is 0 Å². The van der Waals surface area contributed by atoms with E-state index in [4.69, 9.17) is 21.4 Å². The summed E-state index contributed by atoms with van der Waals surface area (Å²) in [5, 5.41) is 9.69. The van der Waals surface area contributed by atoms with Gasteiger partial charge in [0, 0.05) is 18.7 Å². The fourth-order valence-corrected chi connectivity index (χ4v) is 1.91. The van der Waals surface area contributed by atoms with E-state index in [9.17, 15) is 0 Å². The quantitative estimate of drug-likeness (QED) is 0.887. The summed E-state index contributed by atoms with van der Waals surface area (Å²) in [6.07, 6.45) is 0. The van der Waals surface area contributed by atoms with Crippen molar-refractivity contribution < 1.29 is 9.84 Å². The minimum atomic E-state index is 0.0742. The topological polar surface area (TPSA) is 47.3 Å². The Kier molecular flexibility index (Phi) is 3.43. The summed E-state index contributed by atoms with van der Waals surface area (Å²) in [7, 11) is 1.62. The van der Waals surface area contributed by atoms with Crippen molar-refractivity contribution in [1.29, 1.82) is 0 Å². The number of methoxy groups -OCH3 is 1. The molecule has 0 aliphatic heterocycles. The second-order valence-corrected chi connectivity index (χ2v) is 3.91. The number of imidazole rings is 1. The van der Waals surface area contributed by atoms with Gasteiger partial charge in [-0.05, 0) is 18.2 Å². The molecule has 86 valence electrons. The van der Waals surface area contributed by atoms with E-state index in [1.54, 1.807) is 7.11 Å². The Balaban J connectivity index is 2.56. The van der Waals surface area contributed by atoms with E-state index >= 15 is 0 Å². The molecule has 0 radical (unpaired) electrons. The zero-order chi connectivity index (χ0) is 11.5. The molecule has 0 aliphatic carbocycles. The SMILES string of the molecule is COCc1nc2cc(Cl)ccc2n1CCO. The highest BCUT2D eigenvalue weighted by molar-refractivity contribution is 6.31. The zero-order valence-corrected chi connectivity index (χ0v) is 9.74. The second kappa shape index (κ2) is 4.82. The maximum atomic E-state index is 9.03. The normalized spacial score (nSPS) is 11.2. The molecule has 1 aromatic carbocycles. The van der Waals surface area contributed by atoms with Crippen molar-refractivity contribution in [3.63, 3.8) is 0 Å². The van der Waals surface area contributed by atoms with Gasteiger partial charge in [0.15, 0.2) is 0 Å².